The number of hydrogen-bond acceptors (Lipinski definition) is 5. The third kappa shape index (κ3) is 6.25. The summed E-state index contributed by atoms with van der Waals surface area (Å²) in [6.07, 6.45) is 21.7. The Morgan fingerprint density at radius 3 is 2.15 bits per heavy atom. The molecule has 336 valence electrons. The van der Waals surface area contributed by atoms with Gasteiger partial charge in [-0.2, -0.15) is 0 Å². The number of nitrogens with zero attached hydrogens (tertiary/aromatic N) is 3. The molecule has 8 aromatic rings. The molecule has 3 aliphatic carbocycles. The molecule has 3 unspecified atom stereocenters. The highest BCUT2D eigenvalue weighted by Crippen LogP contribution is 2.53. The topological polar surface area (TPSA) is 22.9 Å². The monoisotopic (exact) mass is 903 g/mol. The minimum Gasteiger partial charge on any atom is -0.456 e. The average Bonchev–Trinajstić information content (AvgIpc) is 3.91. The number of allylic oxidation sites excluding steroid dienone is 4. The van der Waals surface area contributed by atoms with E-state index in [2.05, 4.69) is 227 Å². The summed E-state index contributed by atoms with van der Waals surface area (Å²) in [5.74, 6) is 0.690. The van der Waals surface area contributed by atoms with Gasteiger partial charge in [-0.15, -0.1) is 11.3 Å². The first-order valence-corrected chi connectivity index (χ1v) is 25.7. The Hall–Kier alpha value is -6.50. The van der Waals surface area contributed by atoms with Crippen molar-refractivity contribution >= 4 is 106 Å². The van der Waals surface area contributed by atoms with Gasteiger partial charge in [-0.05, 0) is 136 Å². The fraction of sp³-hybridized carbons (Fsp3) is 0.258. The zero-order chi connectivity index (χ0) is 46.2. The van der Waals surface area contributed by atoms with Crippen molar-refractivity contribution in [3.8, 4) is 0 Å². The van der Waals surface area contributed by atoms with Crippen molar-refractivity contribution in [2.24, 2.45) is 5.92 Å². The quantitative estimate of drug-likeness (QED) is 0.155. The molecule has 0 spiro atoms. The second kappa shape index (κ2) is 15.3. The number of thiophene rings is 1. The van der Waals surface area contributed by atoms with Gasteiger partial charge in [0.1, 0.15) is 11.2 Å². The smallest absolute Gasteiger partial charge is 0.264 e. The van der Waals surface area contributed by atoms with E-state index in [1.807, 2.05) is 11.3 Å². The van der Waals surface area contributed by atoms with E-state index in [1.54, 1.807) is 0 Å². The molecule has 13 rings (SSSR count). The molecule has 0 N–H and O–H groups in total. The molecule has 5 aliphatic rings. The van der Waals surface area contributed by atoms with E-state index >= 15 is 0 Å². The number of benzene rings is 6. The number of furan rings is 1. The SMILES string of the molecule is CC(C)c1ccc(N2c3cc(N(c4ccccc4)C4C=CC=CC4)cc4c3B(c3cc5oc6ccccc6c5cc3N4C3C=CC=CC3C)c3sc4cc5c(cc4c32)C(C)(C)CCC5(C)C)cc1. The summed E-state index contributed by atoms with van der Waals surface area (Å²) in [5, 5.41) is 3.67. The minimum atomic E-state index is -0.0318. The van der Waals surface area contributed by atoms with Gasteiger partial charge >= 0.3 is 0 Å². The van der Waals surface area contributed by atoms with Crippen LogP contribution in [0.3, 0.4) is 0 Å². The molecule has 2 aromatic heterocycles. The Morgan fingerprint density at radius 2 is 1.40 bits per heavy atom. The Balaban J connectivity index is 1.18. The number of hydrogen-bond donors (Lipinski definition) is 0. The van der Waals surface area contributed by atoms with Crippen molar-refractivity contribution < 1.29 is 4.42 Å². The molecular formula is C62H58BN3OS. The highest BCUT2D eigenvalue weighted by Gasteiger charge is 2.48. The van der Waals surface area contributed by atoms with E-state index in [4.69, 9.17) is 4.42 Å². The van der Waals surface area contributed by atoms with Crippen molar-refractivity contribution in [2.45, 2.75) is 96.6 Å². The molecule has 4 heterocycles. The van der Waals surface area contributed by atoms with E-state index in [0.717, 1.165) is 28.4 Å². The summed E-state index contributed by atoms with van der Waals surface area (Å²) in [5.41, 5.74) is 17.7. The molecule has 0 fully saturated rings. The Labute approximate surface area is 405 Å². The van der Waals surface area contributed by atoms with Crippen molar-refractivity contribution in [2.75, 3.05) is 14.7 Å². The molecule has 3 atom stereocenters. The number of anilines is 7. The highest BCUT2D eigenvalue weighted by atomic mass is 32.1. The Kier molecular flexibility index (Phi) is 9.35. The normalized spacial score (nSPS) is 20.6. The van der Waals surface area contributed by atoms with Crippen molar-refractivity contribution in [1.82, 2.24) is 0 Å². The van der Waals surface area contributed by atoms with Crippen LogP contribution in [0.5, 0.6) is 0 Å². The van der Waals surface area contributed by atoms with E-state index in [9.17, 15) is 0 Å². The van der Waals surface area contributed by atoms with Gasteiger partial charge in [-0.3, -0.25) is 0 Å². The lowest BCUT2D eigenvalue weighted by Gasteiger charge is -2.47. The van der Waals surface area contributed by atoms with Crippen LogP contribution in [0.1, 0.15) is 90.3 Å². The van der Waals surface area contributed by atoms with Gasteiger partial charge in [-0.25, -0.2) is 0 Å². The van der Waals surface area contributed by atoms with Crippen molar-refractivity contribution in [3.63, 3.8) is 0 Å². The van der Waals surface area contributed by atoms with Crippen LogP contribution in [-0.2, 0) is 10.8 Å². The van der Waals surface area contributed by atoms with Crippen LogP contribution in [0.15, 0.2) is 168 Å². The summed E-state index contributed by atoms with van der Waals surface area (Å²) in [6.45, 7) is 16.8. The van der Waals surface area contributed by atoms with E-state index < -0.39 is 0 Å². The van der Waals surface area contributed by atoms with E-state index in [1.165, 1.54) is 95.1 Å². The fourth-order valence-corrected chi connectivity index (χ4v) is 13.8. The maximum absolute atomic E-state index is 6.83. The molecule has 6 heteroatoms. The molecule has 6 aromatic carbocycles. The minimum absolute atomic E-state index is 0.0318. The third-order valence-corrected chi connectivity index (χ3v) is 17.5. The van der Waals surface area contributed by atoms with Crippen LogP contribution >= 0.6 is 11.3 Å². The van der Waals surface area contributed by atoms with Crippen LogP contribution in [0.25, 0.3) is 32.0 Å². The van der Waals surface area contributed by atoms with Gasteiger partial charge in [0, 0.05) is 59.8 Å². The maximum Gasteiger partial charge on any atom is 0.264 e. The largest absolute Gasteiger partial charge is 0.456 e. The lowest BCUT2D eigenvalue weighted by molar-refractivity contribution is 0.332. The average molecular weight is 904 g/mol. The first-order valence-electron chi connectivity index (χ1n) is 24.9. The van der Waals surface area contributed by atoms with Crippen molar-refractivity contribution in [3.05, 3.63) is 181 Å². The van der Waals surface area contributed by atoms with Crippen LogP contribution in [0.4, 0.5) is 39.8 Å². The van der Waals surface area contributed by atoms with Gasteiger partial charge in [0.25, 0.3) is 6.71 Å². The molecule has 2 aliphatic heterocycles. The molecule has 0 bridgehead atoms. The summed E-state index contributed by atoms with van der Waals surface area (Å²) in [6, 6.07) is 44.6. The molecule has 0 saturated heterocycles. The molecule has 68 heavy (non-hydrogen) atoms. The van der Waals surface area contributed by atoms with Crippen molar-refractivity contribution in [1.29, 1.82) is 0 Å². The molecule has 0 radical (unpaired) electrons. The van der Waals surface area contributed by atoms with Gasteiger partial charge in [0.2, 0.25) is 0 Å². The number of rotatable bonds is 6. The lowest BCUT2D eigenvalue weighted by atomic mass is 9.36. The summed E-state index contributed by atoms with van der Waals surface area (Å²) in [7, 11) is 0. The van der Waals surface area contributed by atoms with E-state index in [0.29, 0.717) is 5.92 Å². The second-order valence-corrected chi connectivity index (χ2v) is 22.8. The molecule has 4 nitrogen and oxygen atoms in total. The standard InChI is InChI=1S/C62H58BN3OS/c1-38(2)40-26-28-43(29-27-40)65-53-32-44(64(41-19-10-8-11-20-41)42-21-12-9-13-22-42)33-54-58(53)63(60-59(65)47-34-48-49(36-57(47)68-60)62(6,7)31-30-61(48,4)5)50-37-56-46(45-23-15-17-25-55(45)67-56)35-52(50)66(54)51-24-16-14-18-39(51)3/h8-21,23-29,32-39,42,51H,22,30-31H2,1-7H3. The zero-order valence-electron chi connectivity index (χ0n) is 40.3. The predicted molar refractivity (Wildman–Crippen MR) is 293 cm³/mol. The first-order chi connectivity index (χ1) is 32.9. The first kappa shape index (κ1) is 41.7. The number of para-hydroxylation sites is 2. The van der Waals surface area contributed by atoms with E-state index in [-0.39, 0.29) is 35.5 Å². The summed E-state index contributed by atoms with van der Waals surface area (Å²) < 4.78 is 9.59. The number of fused-ring (bicyclic) bond motifs is 10. The van der Waals surface area contributed by atoms with Crippen LogP contribution < -0.4 is 30.4 Å². The maximum atomic E-state index is 6.83. The Bertz CT molecular complexity index is 3480. The van der Waals surface area contributed by atoms with Crippen LogP contribution in [0, 0.1) is 5.92 Å². The van der Waals surface area contributed by atoms with Gasteiger partial charge in [0.15, 0.2) is 0 Å². The zero-order valence-corrected chi connectivity index (χ0v) is 41.1. The molecular weight excluding hydrogens is 846 g/mol. The van der Waals surface area contributed by atoms with Crippen LogP contribution in [-0.4, -0.2) is 18.8 Å². The second-order valence-electron chi connectivity index (χ2n) is 21.7. The highest BCUT2D eigenvalue weighted by molar-refractivity contribution is 7.33. The fourth-order valence-electron chi connectivity index (χ4n) is 12.4. The Morgan fingerprint density at radius 1 is 0.676 bits per heavy atom. The van der Waals surface area contributed by atoms with Gasteiger partial charge in [-0.1, -0.05) is 146 Å². The third-order valence-electron chi connectivity index (χ3n) is 16.2. The molecule has 0 amide bonds. The van der Waals surface area contributed by atoms with Gasteiger partial charge < -0.3 is 19.1 Å². The van der Waals surface area contributed by atoms with Crippen LogP contribution in [0.2, 0.25) is 0 Å². The molecule has 0 saturated carbocycles. The predicted octanol–water partition coefficient (Wildman–Crippen LogP) is 15.2. The summed E-state index contributed by atoms with van der Waals surface area (Å²) >= 11 is 2.02. The van der Waals surface area contributed by atoms with Gasteiger partial charge in [0.05, 0.1) is 17.8 Å². The lowest BCUT2D eigenvalue weighted by Crippen LogP contribution is -2.62. The summed E-state index contributed by atoms with van der Waals surface area (Å²) in [4.78, 5) is 7.98.